The lowest BCUT2D eigenvalue weighted by molar-refractivity contribution is -0.137. The number of nitrogens with zero attached hydrogens (tertiary/aromatic N) is 2. The number of nitrogens with one attached hydrogen (secondary N) is 1. The number of aromatic nitrogens is 2. The number of amides is 1. The van der Waals surface area contributed by atoms with E-state index >= 15 is 0 Å². The Balaban J connectivity index is 1.61. The van der Waals surface area contributed by atoms with Crippen molar-refractivity contribution in [2.75, 3.05) is 23.9 Å². The first kappa shape index (κ1) is 19.0. The quantitative estimate of drug-likeness (QED) is 0.477. The molecule has 0 spiro atoms. The second kappa shape index (κ2) is 9.23. The average molecular weight is 383 g/mol. The maximum Gasteiger partial charge on any atom is 0.315 e. The van der Waals surface area contributed by atoms with E-state index in [-0.39, 0.29) is 17.6 Å². The zero-order chi connectivity index (χ0) is 19.1. The van der Waals surface area contributed by atoms with E-state index in [1.165, 1.54) is 29.6 Å². The Morgan fingerprint density at radius 1 is 1.15 bits per heavy atom. The largest absolute Gasteiger partial charge is 0.468 e. The molecule has 6 nitrogen and oxygen atoms in total. The number of hydrogen-bond donors (Lipinski definition) is 1. The first-order chi connectivity index (χ1) is 13.2. The standard InChI is InChI=1S/C20H21N3O3S/c1-26-20(25)14-27-12-10-19(24)22-18-9-11-21-23(18)13-16-7-4-6-15-5-2-3-8-17(15)16/h2-9,11H,10,12-14H2,1H3,(H,22,24). The molecule has 1 heterocycles. The third-order valence-electron chi connectivity index (χ3n) is 4.11. The summed E-state index contributed by atoms with van der Waals surface area (Å²) in [5.74, 6) is 1.08. The fourth-order valence-corrected chi connectivity index (χ4v) is 3.50. The fraction of sp³-hybridized carbons (Fsp3) is 0.250. The van der Waals surface area contributed by atoms with Gasteiger partial charge in [-0.2, -0.15) is 5.10 Å². The van der Waals surface area contributed by atoms with Gasteiger partial charge in [-0.3, -0.25) is 9.59 Å². The summed E-state index contributed by atoms with van der Waals surface area (Å²) in [5, 5.41) is 9.58. The van der Waals surface area contributed by atoms with Crippen LogP contribution < -0.4 is 5.32 Å². The van der Waals surface area contributed by atoms with Crippen molar-refractivity contribution in [3.8, 4) is 0 Å². The van der Waals surface area contributed by atoms with Crippen molar-refractivity contribution >= 4 is 40.2 Å². The van der Waals surface area contributed by atoms with Gasteiger partial charge in [0.15, 0.2) is 0 Å². The van der Waals surface area contributed by atoms with Gasteiger partial charge in [-0.1, -0.05) is 42.5 Å². The van der Waals surface area contributed by atoms with Gasteiger partial charge in [0.05, 0.1) is 25.6 Å². The highest BCUT2D eigenvalue weighted by atomic mass is 32.2. The number of rotatable bonds is 8. The first-order valence-corrected chi connectivity index (χ1v) is 9.75. The number of thioether (sulfide) groups is 1. The van der Waals surface area contributed by atoms with Crippen LogP contribution in [0.2, 0.25) is 0 Å². The van der Waals surface area contributed by atoms with Crippen molar-refractivity contribution in [1.29, 1.82) is 0 Å². The number of esters is 1. The van der Waals surface area contributed by atoms with Gasteiger partial charge < -0.3 is 10.1 Å². The Morgan fingerprint density at radius 3 is 2.81 bits per heavy atom. The summed E-state index contributed by atoms with van der Waals surface area (Å²) in [4.78, 5) is 23.2. The molecule has 0 fully saturated rings. The maximum atomic E-state index is 12.2. The average Bonchev–Trinajstić information content (AvgIpc) is 3.12. The van der Waals surface area contributed by atoms with E-state index in [2.05, 4.69) is 39.4 Å². The van der Waals surface area contributed by atoms with Gasteiger partial charge in [0.25, 0.3) is 0 Å². The predicted octanol–water partition coefficient (Wildman–Crippen LogP) is 3.32. The Labute approximate surface area is 161 Å². The molecule has 2 aromatic carbocycles. The second-order valence-electron chi connectivity index (χ2n) is 5.94. The van der Waals surface area contributed by atoms with Gasteiger partial charge in [-0.05, 0) is 16.3 Å². The number of carbonyl (C=O) groups excluding carboxylic acids is 2. The highest BCUT2D eigenvalue weighted by molar-refractivity contribution is 7.99. The normalized spacial score (nSPS) is 10.7. The third kappa shape index (κ3) is 5.10. The lowest BCUT2D eigenvalue weighted by atomic mass is 10.0. The van der Waals surface area contributed by atoms with Crippen molar-refractivity contribution in [3.63, 3.8) is 0 Å². The third-order valence-corrected chi connectivity index (χ3v) is 5.04. The molecule has 1 N–H and O–H groups in total. The number of anilines is 1. The molecule has 0 atom stereocenters. The van der Waals surface area contributed by atoms with Crippen LogP contribution in [-0.2, 0) is 20.9 Å². The van der Waals surface area contributed by atoms with E-state index in [0.717, 1.165) is 5.56 Å². The highest BCUT2D eigenvalue weighted by Gasteiger charge is 2.10. The highest BCUT2D eigenvalue weighted by Crippen LogP contribution is 2.20. The molecule has 0 saturated heterocycles. The molecule has 1 aromatic heterocycles. The van der Waals surface area contributed by atoms with E-state index in [4.69, 9.17) is 0 Å². The fourth-order valence-electron chi connectivity index (χ4n) is 2.74. The van der Waals surface area contributed by atoms with Gasteiger partial charge in [-0.25, -0.2) is 4.68 Å². The molecule has 0 aliphatic heterocycles. The van der Waals surface area contributed by atoms with Crippen LogP contribution in [0.4, 0.5) is 5.82 Å². The molecule has 0 radical (unpaired) electrons. The van der Waals surface area contributed by atoms with Crippen molar-refractivity contribution < 1.29 is 14.3 Å². The SMILES string of the molecule is COC(=O)CSCCC(=O)Nc1ccnn1Cc1cccc2ccccc12. The topological polar surface area (TPSA) is 73.2 Å². The van der Waals surface area contributed by atoms with Crippen LogP contribution in [0.5, 0.6) is 0 Å². The van der Waals surface area contributed by atoms with Crippen molar-refractivity contribution in [1.82, 2.24) is 9.78 Å². The molecule has 0 aliphatic rings. The number of ether oxygens (including phenoxy) is 1. The van der Waals surface area contributed by atoms with Crippen molar-refractivity contribution in [3.05, 3.63) is 60.3 Å². The summed E-state index contributed by atoms with van der Waals surface area (Å²) in [6.45, 7) is 0.570. The monoisotopic (exact) mass is 383 g/mol. The summed E-state index contributed by atoms with van der Waals surface area (Å²) >= 11 is 1.38. The van der Waals surface area contributed by atoms with Crippen LogP contribution in [0, 0.1) is 0 Å². The number of benzene rings is 2. The second-order valence-corrected chi connectivity index (χ2v) is 7.04. The Morgan fingerprint density at radius 2 is 1.96 bits per heavy atom. The minimum absolute atomic E-state index is 0.105. The Hall–Kier alpha value is -2.80. The minimum atomic E-state index is -0.284. The van der Waals surface area contributed by atoms with E-state index in [1.54, 1.807) is 16.9 Å². The lowest BCUT2D eigenvalue weighted by Gasteiger charge is -2.11. The van der Waals surface area contributed by atoms with Gasteiger partial charge in [0.2, 0.25) is 5.91 Å². The van der Waals surface area contributed by atoms with Crippen LogP contribution in [-0.4, -0.2) is 40.3 Å². The molecular weight excluding hydrogens is 362 g/mol. The van der Waals surface area contributed by atoms with Crippen molar-refractivity contribution in [2.45, 2.75) is 13.0 Å². The molecule has 0 bridgehead atoms. The summed E-state index contributed by atoms with van der Waals surface area (Å²) in [7, 11) is 1.35. The van der Waals surface area contributed by atoms with E-state index < -0.39 is 0 Å². The van der Waals surface area contributed by atoms with Crippen LogP contribution in [0.15, 0.2) is 54.7 Å². The molecule has 27 heavy (non-hydrogen) atoms. The number of hydrogen-bond acceptors (Lipinski definition) is 5. The molecule has 0 unspecified atom stereocenters. The van der Waals surface area contributed by atoms with Crippen LogP contribution in [0.25, 0.3) is 10.8 Å². The molecule has 1 amide bonds. The zero-order valence-electron chi connectivity index (χ0n) is 15.1. The van der Waals surface area contributed by atoms with E-state index in [1.807, 2.05) is 18.2 Å². The summed E-state index contributed by atoms with van der Waals surface area (Å²) in [5.41, 5.74) is 1.14. The lowest BCUT2D eigenvalue weighted by Crippen LogP contribution is -2.17. The molecule has 140 valence electrons. The predicted molar refractivity (Wildman–Crippen MR) is 108 cm³/mol. The van der Waals surface area contributed by atoms with Gasteiger partial charge in [0.1, 0.15) is 5.82 Å². The Kier molecular flexibility index (Phi) is 6.49. The van der Waals surface area contributed by atoms with E-state index in [0.29, 0.717) is 24.5 Å². The van der Waals surface area contributed by atoms with Crippen molar-refractivity contribution in [2.24, 2.45) is 0 Å². The van der Waals surface area contributed by atoms with Crippen LogP contribution in [0.1, 0.15) is 12.0 Å². The van der Waals surface area contributed by atoms with Gasteiger partial charge >= 0.3 is 5.97 Å². The molecule has 0 aliphatic carbocycles. The van der Waals surface area contributed by atoms with Gasteiger partial charge in [0, 0.05) is 18.2 Å². The smallest absolute Gasteiger partial charge is 0.315 e. The van der Waals surface area contributed by atoms with Crippen LogP contribution >= 0.6 is 11.8 Å². The molecule has 0 saturated carbocycles. The maximum absolute atomic E-state index is 12.2. The first-order valence-electron chi connectivity index (χ1n) is 8.60. The number of fused-ring (bicyclic) bond motifs is 1. The molecule has 3 aromatic rings. The van der Waals surface area contributed by atoms with Gasteiger partial charge in [-0.15, -0.1) is 11.8 Å². The Bertz CT molecular complexity index is 934. The summed E-state index contributed by atoms with van der Waals surface area (Å²) in [6.07, 6.45) is 1.99. The molecular formula is C20H21N3O3S. The van der Waals surface area contributed by atoms with E-state index in [9.17, 15) is 9.59 Å². The van der Waals surface area contributed by atoms with Crippen LogP contribution in [0.3, 0.4) is 0 Å². The minimum Gasteiger partial charge on any atom is -0.468 e. The summed E-state index contributed by atoms with van der Waals surface area (Å²) in [6, 6.07) is 16.2. The molecule has 7 heteroatoms. The number of methoxy groups -OCH3 is 1. The summed E-state index contributed by atoms with van der Waals surface area (Å²) < 4.78 is 6.35. The molecule has 3 rings (SSSR count). The zero-order valence-corrected chi connectivity index (χ0v) is 15.9. The number of carbonyl (C=O) groups is 2.